The van der Waals surface area contributed by atoms with Crippen LogP contribution in [-0.2, 0) is 6.54 Å². The fourth-order valence-electron chi connectivity index (χ4n) is 3.16. The highest BCUT2D eigenvalue weighted by Crippen LogP contribution is 2.27. The first kappa shape index (κ1) is 16.5. The zero-order valence-corrected chi connectivity index (χ0v) is 15.1. The van der Waals surface area contributed by atoms with Gasteiger partial charge in [-0.2, -0.15) is 0 Å². The molecule has 0 radical (unpaired) electrons. The Morgan fingerprint density at radius 2 is 2.00 bits per heavy atom. The molecule has 0 aliphatic carbocycles. The van der Waals surface area contributed by atoms with E-state index in [0.717, 1.165) is 28.0 Å². The number of aromatic nitrogens is 2. The van der Waals surface area contributed by atoms with Gasteiger partial charge in [0.2, 0.25) is 0 Å². The molecule has 5 heteroatoms. The summed E-state index contributed by atoms with van der Waals surface area (Å²) in [5.74, 6) is 0.904. The van der Waals surface area contributed by atoms with E-state index in [1.165, 1.54) is 0 Å². The van der Waals surface area contributed by atoms with Gasteiger partial charge in [-0.3, -0.25) is 14.1 Å². The third-order valence-corrected chi connectivity index (χ3v) is 4.79. The normalized spacial score (nSPS) is 12.9. The van der Waals surface area contributed by atoms with Gasteiger partial charge in [0.15, 0.2) is 0 Å². The van der Waals surface area contributed by atoms with E-state index in [0.29, 0.717) is 12.2 Å². The van der Waals surface area contributed by atoms with Crippen molar-refractivity contribution in [3.05, 3.63) is 82.1 Å². The largest absolute Gasteiger partial charge is 0.459 e. The minimum atomic E-state index is -0.0570. The second-order valence-corrected chi connectivity index (χ2v) is 6.80. The van der Waals surface area contributed by atoms with E-state index in [2.05, 4.69) is 22.9 Å². The summed E-state index contributed by atoms with van der Waals surface area (Å²) in [4.78, 5) is 19.1. The van der Waals surface area contributed by atoms with E-state index in [1.54, 1.807) is 10.5 Å². The number of hydrogen-bond donors (Lipinski definition) is 0. The van der Waals surface area contributed by atoms with E-state index < -0.39 is 0 Å². The second kappa shape index (κ2) is 6.42. The summed E-state index contributed by atoms with van der Waals surface area (Å²) in [6.07, 6.45) is 1.81. The van der Waals surface area contributed by atoms with Gasteiger partial charge in [-0.1, -0.05) is 24.3 Å². The topological polar surface area (TPSA) is 50.8 Å². The van der Waals surface area contributed by atoms with Crippen molar-refractivity contribution < 1.29 is 4.42 Å². The van der Waals surface area contributed by atoms with Crippen LogP contribution >= 0.6 is 0 Å². The molecule has 0 aliphatic heterocycles. The minimum Gasteiger partial charge on any atom is -0.459 e. The lowest BCUT2D eigenvalue weighted by Gasteiger charge is -2.22. The molecule has 0 aliphatic rings. The van der Waals surface area contributed by atoms with Gasteiger partial charge in [0, 0.05) is 24.2 Å². The molecule has 0 amide bonds. The van der Waals surface area contributed by atoms with Gasteiger partial charge in [-0.25, -0.2) is 4.98 Å². The lowest BCUT2D eigenvalue weighted by atomic mass is 10.2. The maximum absolute atomic E-state index is 12.4. The molecule has 0 bridgehead atoms. The number of para-hydroxylation sites is 1. The first-order valence-corrected chi connectivity index (χ1v) is 8.69. The van der Waals surface area contributed by atoms with Gasteiger partial charge in [0.05, 0.1) is 11.7 Å². The molecule has 1 aromatic carbocycles. The number of furan rings is 1. The molecule has 0 spiro atoms. The van der Waals surface area contributed by atoms with Crippen molar-refractivity contribution in [2.45, 2.75) is 26.4 Å². The molecule has 0 saturated heterocycles. The van der Waals surface area contributed by atoms with Gasteiger partial charge < -0.3 is 4.42 Å². The molecule has 0 unspecified atom stereocenters. The predicted octanol–water partition coefficient (Wildman–Crippen LogP) is 3.94. The third-order valence-electron chi connectivity index (χ3n) is 4.79. The summed E-state index contributed by atoms with van der Waals surface area (Å²) in [7, 11) is 2.01. The van der Waals surface area contributed by atoms with E-state index in [-0.39, 0.29) is 11.6 Å². The Hall–Kier alpha value is -2.92. The van der Waals surface area contributed by atoms with E-state index >= 15 is 0 Å². The number of pyridine rings is 1. The Kier molecular flexibility index (Phi) is 4.09. The van der Waals surface area contributed by atoms with Crippen LogP contribution in [0, 0.1) is 6.92 Å². The standard InChI is InChI=1S/C21H21N3O2/c1-14-8-9-20-22-17(11-21(25)24(20)12-14)13-23(3)15(2)19-10-16-6-4-5-7-18(16)26-19/h4-12,15H,13H2,1-3H3/t15-/m1/s1. The third kappa shape index (κ3) is 3.02. The molecule has 3 heterocycles. The van der Waals surface area contributed by atoms with E-state index in [1.807, 2.05) is 56.6 Å². The summed E-state index contributed by atoms with van der Waals surface area (Å²) >= 11 is 0. The van der Waals surface area contributed by atoms with Gasteiger partial charge in [0.25, 0.3) is 5.56 Å². The number of hydrogen-bond acceptors (Lipinski definition) is 4. The first-order valence-electron chi connectivity index (χ1n) is 8.69. The van der Waals surface area contributed by atoms with Crippen molar-refractivity contribution in [2.24, 2.45) is 0 Å². The highest BCUT2D eigenvalue weighted by atomic mass is 16.3. The van der Waals surface area contributed by atoms with Crippen molar-refractivity contribution in [3.8, 4) is 0 Å². The van der Waals surface area contributed by atoms with Crippen LogP contribution in [0.4, 0.5) is 0 Å². The smallest absolute Gasteiger partial charge is 0.258 e. The van der Waals surface area contributed by atoms with Gasteiger partial charge in [-0.15, -0.1) is 0 Å². The predicted molar refractivity (Wildman–Crippen MR) is 102 cm³/mol. The van der Waals surface area contributed by atoms with Gasteiger partial charge >= 0.3 is 0 Å². The Morgan fingerprint density at radius 3 is 2.81 bits per heavy atom. The average Bonchev–Trinajstić information content (AvgIpc) is 3.06. The minimum absolute atomic E-state index is 0.0570. The highest BCUT2D eigenvalue weighted by molar-refractivity contribution is 5.77. The van der Waals surface area contributed by atoms with Crippen molar-refractivity contribution in [1.29, 1.82) is 0 Å². The van der Waals surface area contributed by atoms with Crippen LogP contribution in [0.3, 0.4) is 0 Å². The van der Waals surface area contributed by atoms with Crippen LogP contribution in [0.2, 0.25) is 0 Å². The molecule has 0 saturated carbocycles. The number of benzene rings is 1. The highest BCUT2D eigenvalue weighted by Gasteiger charge is 2.17. The molecular weight excluding hydrogens is 326 g/mol. The average molecular weight is 347 g/mol. The first-order chi connectivity index (χ1) is 12.5. The van der Waals surface area contributed by atoms with Gasteiger partial charge in [-0.05, 0) is 44.7 Å². The lowest BCUT2D eigenvalue weighted by molar-refractivity contribution is 0.224. The van der Waals surface area contributed by atoms with Crippen LogP contribution in [0.25, 0.3) is 16.6 Å². The number of fused-ring (bicyclic) bond motifs is 2. The molecule has 0 fully saturated rings. The Bertz CT molecular complexity index is 1110. The van der Waals surface area contributed by atoms with E-state index in [4.69, 9.17) is 4.42 Å². The summed E-state index contributed by atoms with van der Waals surface area (Å²) in [5, 5.41) is 1.10. The maximum Gasteiger partial charge on any atom is 0.258 e. The fraction of sp³-hybridized carbons (Fsp3) is 0.238. The Labute approximate surface area is 151 Å². The summed E-state index contributed by atoms with van der Waals surface area (Å²) in [6.45, 7) is 4.62. The molecule has 4 rings (SSSR count). The molecular formula is C21H21N3O2. The van der Waals surface area contributed by atoms with Crippen molar-refractivity contribution >= 4 is 16.6 Å². The molecule has 1 atom stereocenters. The molecule has 3 aromatic heterocycles. The maximum atomic E-state index is 12.4. The van der Waals surface area contributed by atoms with Gasteiger partial charge in [0.1, 0.15) is 17.0 Å². The molecule has 4 aromatic rings. The molecule has 132 valence electrons. The number of rotatable bonds is 4. The second-order valence-electron chi connectivity index (χ2n) is 6.80. The van der Waals surface area contributed by atoms with Crippen LogP contribution in [0.1, 0.15) is 30.0 Å². The Balaban J connectivity index is 1.60. The monoisotopic (exact) mass is 347 g/mol. The number of nitrogens with zero attached hydrogens (tertiary/aromatic N) is 3. The molecule has 26 heavy (non-hydrogen) atoms. The summed E-state index contributed by atoms with van der Waals surface area (Å²) in [5.41, 5.74) is 3.29. The van der Waals surface area contributed by atoms with Crippen molar-refractivity contribution in [1.82, 2.24) is 14.3 Å². The summed E-state index contributed by atoms with van der Waals surface area (Å²) in [6, 6.07) is 15.6. The van der Waals surface area contributed by atoms with Crippen LogP contribution in [-0.4, -0.2) is 21.3 Å². The molecule has 0 N–H and O–H groups in total. The Morgan fingerprint density at radius 1 is 1.19 bits per heavy atom. The van der Waals surface area contributed by atoms with Crippen LogP contribution in [0.5, 0.6) is 0 Å². The fourth-order valence-corrected chi connectivity index (χ4v) is 3.16. The quantitative estimate of drug-likeness (QED) is 0.561. The molecule has 5 nitrogen and oxygen atoms in total. The van der Waals surface area contributed by atoms with Crippen molar-refractivity contribution in [3.63, 3.8) is 0 Å². The summed E-state index contributed by atoms with van der Waals surface area (Å²) < 4.78 is 7.55. The zero-order valence-electron chi connectivity index (χ0n) is 15.1. The lowest BCUT2D eigenvalue weighted by Crippen LogP contribution is -2.24. The zero-order chi connectivity index (χ0) is 18.3. The van der Waals surface area contributed by atoms with Crippen LogP contribution in [0.15, 0.2) is 63.9 Å². The van der Waals surface area contributed by atoms with E-state index in [9.17, 15) is 4.79 Å². The van der Waals surface area contributed by atoms with Crippen molar-refractivity contribution in [2.75, 3.05) is 7.05 Å². The SMILES string of the molecule is Cc1ccc2nc(CN(C)[C@H](C)c3cc4ccccc4o3)cc(=O)n2c1. The number of aryl methyl sites for hydroxylation is 1. The van der Waals surface area contributed by atoms with Crippen LogP contribution < -0.4 is 5.56 Å².